The van der Waals surface area contributed by atoms with E-state index in [2.05, 4.69) is 20.7 Å². The number of H-pyrrole nitrogens is 1. The number of aromatic nitrogens is 3. The van der Waals surface area contributed by atoms with Gasteiger partial charge in [-0.15, -0.1) is 0 Å². The van der Waals surface area contributed by atoms with E-state index in [-0.39, 0.29) is 11.4 Å². The Balaban J connectivity index is 1.28. The second-order valence-corrected chi connectivity index (χ2v) is 9.09. The summed E-state index contributed by atoms with van der Waals surface area (Å²) in [7, 11) is 0. The van der Waals surface area contributed by atoms with Crippen LogP contribution in [0.5, 0.6) is 11.5 Å². The zero-order chi connectivity index (χ0) is 28.2. The van der Waals surface area contributed by atoms with Gasteiger partial charge in [0.2, 0.25) is 5.69 Å². The molecule has 5 rings (SSSR count). The number of aryl methyl sites for hydroxylation is 2. The van der Waals surface area contributed by atoms with E-state index in [0.29, 0.717) is 28.6 Å². The molecule has 0 fully saturated rings. The molecule has 2 heterocycles. The van der Waals surface area contributed by atoms with Crippen LogP contribution in [0.4, 0.5) is 10.5 Å². The highest BCUT2D eigenvalue weighted by Gasteiger charge is 2.21. The normalized spacial score (nSPS) is 11.6. The third kappa shape index (κ3) is 5.56. The second kappa shape index (κ2) is 11.2. The number of nitrogens with zero attached hydrogens (tertiary/aromatic N) is 2. The second-order valence-electron chi connectivity index (χ2n) is 9.09. The number of anilines is 1. The quantitative estimate of drug-likeness (QED) is 0.189. The van der Waals surface area contributed by atoms with E-state index in [1.54, 1.807) is 32.9 Å². The van der Waals surface area contributed by atoms with Gasteiger partial charge in [0.05, 0.1) is 5.69 Å². The number of nitrogens with one attached hydrogen (secondary N) is 2. The fraction of sp³-hybridized carbons (Fsp3) is 0.133. The van der Waals surface area contributed by atoms with E-state index in [1.807, 2.05) is 66.7 Å². The van der Waals surface area contributed by atoms with Crippen molar-refractivity contribution >= 4 is 17.7 Å². The third-order valence-electron chi connectivity index (χ3n) is 6.29. The molecule has 10 heteroatoms. The minimum atomic E-state index is -1.17. The third-order valence-corrected chi connectivity index (χ3v) is 6.29. The summed E-state index contributed by atoms with van der Waals surface area (Å²) in [4.78, 5) is 24.0. The Kier molecular flexibility index (Phi) is 7.32. The summed E-state index contributed by atoms with van der Waals surface area (Å²) in [6.07, 6.45) is -1.03. The number of ether oxygens (including phenoxy) is 2. The van der Waals surface area contributed by atoms with E-state index < -0.39 is 18.2 Å². The van der Waals surface area contributed by atoms with Crippen LogP contribution in [0.2, 0.25) is 0 Å². The lowest BCUT2D eigenvalue weighted by Crippen LogP contribution is -2.16. The van der Waals surface area contributed by atoms with Crippen LogP contribution in [-0.4, -0.2) is 32.5 Å². The molecule has 0 unspecified atom stereocenters. The highest BCUT2D eigenvalue weighted by atomic mass is 16.6. The number of carboxylic acid groups (broad SMARTS) is 1. The van der Waals surface area contributed by atoms with Crippen molar-refractivity contribution in [2.75, 3.05) is 5.32 Å². The van der Waals surface area contributed by atoms with Crippen LogP contribution in [0, 0.1) is 13.8 Å². The molecule has 5 aromatic rings. The van der Waals surface area contributed by atoms with Gasteiger partial charge in [-0.1, -0.05) is 71.9 Å². The summed E-state index contributed by atoms with van der Waals surface area (Å²) >= 11 is 0. The van der Waals surface area contributed by atoms with Gasteiger partial charge in [-0.25, -0.2) is 9.59 Å². The van der Waals surface area contributed by atoms with Crippen LogP contribution in [-0.2, 0) is 4.74 Å². The van der Waals surface area contributed by atoms with Gasteiger partial charge in [-0.3, -0.25) is 10.4 Å². The lowest BCUT2D eigenvalue weighted by Gasteiger charge is -2.14. The molecule has 202 valence electrons. The van der Waals surface area contributed by atoms with Crippen molar-refractivity contribution in [1.29, 1.82) is 0 Å². The number of benzene rings is 3. The number of hydrogen-bond donors (Lipinski definition) is 3. The molecule has 0 radical (unpaired) electrons. The molecule has 0 aliphatic rings. The van der Waals surface area contributed by atoms with Crippen LogP contribution in [0.25, 0.3) is 22.5 Å². The number of carbonyl (C=O) groups excluding carboxylic acids is 1. The van der Waals surface area contributed by atoms with Crippen LogP contribution < -0.4 is 10.1 Å². The molecule has 3 N–H and O–H groups in total. The minimum Gasteiger partial charge on any atom is -0.476 e. The van der Waals surface area contributed by atoms with Crippen LogP contribution in [0.3, 0.4) is 0 Å². The van der Waals surface area contributed by atoms with Crippen molar-refractivity contribution < 1.29 is 28.7 Å². The van der Waals surface area contributed by atoms with Crippen molar-refractivity contribution in [2.45, 2.75) is 26.9 Å². The Morgan fingerprint density at radius 3 is 2.20 bits per heavy atom. The molecule has 0 bridgehead atoms. The minimum absolute atomic E-state index is 0.173. The molecule has 0 spiro atoms. The van der Waals surface area contributed by atoms with E-state index >= 15 is 0 Å². The van der Waals surface area contributed by atoms with Crippen LogP contribution in [0.15, 0.2) is 83.4 Å². The van der Waals surface area contributed by atoms with E-state index in [0.717, 1.165) is 22.3 Å². The Morgan fingerprint density at radius 2 is 1.55 bits per heavy atom. The summed E-state index contributed by atoms with van der Waals surface area (Å²) < 4.78 is 16.8. The fourth-order valence-corrected chi connectivity index (χ4v) is 4.13. The highest BCUT2D eigenvalue weighted by Crippen LogP contribution is 2.34. The average Bonchev–Trinajstić information content (AvgIpc) is 3.51. The predicted octanol–water partition coefficient (Wildman–Crippen LogP) is 7.15. The molecule has 0 saturated carbocycles. The smallest absolute Gasteiger partial charge is 0.412 e. The van der Waals surface area contributed by atoms with Gasteiger partial charge in [0, 0.05) is 5.56 Å². The highest BCUT2D eigenvalue weighted by molar-refractivity contribution is 5.91. The molecule has 0 aliphatic carbocycles. The first-order valence-electron chi connectivity index (χ1n) is 12.5. The molecular formula is C30H26N4O6. The Labute approximate surface area is 229 Å². The van der Waals surface area contributed by atoms with E-state index in [4.69, 9.17) is 14.0 Å². The first-order chi connectivity index (χ1) is 19.3. The predicted molar refractivity (Wildman–Crippen MR) is 147 cm³/mol. The van der Waals surface area contributed by atoms with Gasteiger partial charge >= 0.3 is 12.1 Å². The van der Waals surface area contributed by atoms with Gasteiger partial charge in [-0.05, 0) is 49.6 Å². The van der Waals surface area contributed by atoms with Crippen LogP contribution in [0.1, 0.15) is 40.5 Å². The number of aromatic amines is 1. The molecule has 1 atom stereocenters. The maximum Gasteiger partial charge on any atom is 0.412 e. The largest absolute Gasteiger partial charge is 0.476 e. The molecule has 0 saturated heterocycles. The standard InChI is InChI=1S/C30H26N4O6/c1-17-25(31-30(37)38-19(3)20-7-5-4-6-8-20)28(40-34-17)23-11-9-21(10-12-23)22-13-15-24(16-14-22)39-27-18(2)32-33-26(27)29(35)36/h4-16,19H,1-3H3,(H,31,37)(H,32,33)(H,35,36)/t19-/m1/s1. The SMILES string of the molecule is Cc1noc(-c2ccc(-c3ccc(Oc4c(C(=O)O)n[nH]c4C)cc3)cc2)c1NC(=O)O[C@H](C)c1ccccc1. The van der Waals surface area contributed by atoms with Crippen molar-refractivity contribution in [1.82, 2.24) is 15.4 Å². The first kappa shape index (κ1) is 26.2. The molecule has 2 aromatic heterocycles. The van der Waals surface area contributed by atoms with Crippen molar-refractivity contribution in [2.24, 2.45) is 0 Å². The van der Waals surface area contributed by atoms with E-state index in [1.165, 1.54) is 0 Å². The maximum atomic E-state index is 12.6. The van der Waals surface area contributed by atoms with E-state index in [9.17, 15) is 14.7 Å². The molecule has 1 amide bonds. The average molecular weight is 539 g/mol. The van der Waals surface area contributed by atoms with Crippen molar-refractivity contribution in [3.63, 3.8) is 0 Å². The molecule has 40 heavy (non-hydrogen) atoms. The molecule has 10 nitrogen and oxygen atoms in total. The molecule has 3 aromatic carbocycles. The van der Waals surface area contributed by atoms with Crippen molar-refractivity contribution in [3.8, 4) is 33.9 Å². The van der Waals surface area contributed by atoms with Crippen LogP contribution >= 0.6 is 0 Å². The number of amides is 1. The summed E-state index contributed by atoms with van der Waals surface area (Å²) in [5.74, 6) is -0.0970. The van der Waals surface area contributed by atoms with Crippen molar-refractivity contribution in [3.05, 3.63) is 102 Å². The number of hydrogen-bond acceptors (Lipinski definition) is 7. The van der Waals surface area contributed by atoms with Gasteiger partial charge in [0.1, 0.15) is 23.2 Å². The molecular weight excluding hydrogens is 512 g/mol. The van der Waals surface area contributed by atoms with Gasteiger partial charge < -0.3 is 19.1 Å². The maximum absolute atomic E-state index is 12.6. The first-order valence-corrected chi connectivity index (χ1v) is 12.5. The summed E-state index contributed by atoms with van der Waals surface area (Å²) in [6, 6.07) is 24.3. The van der Waals surface area contributed by atoms with Gasteiger partial charge in [0.25, 0.3) is 0 Å². The Hall–Kier alpha value is -5.38. The zero-order valence-electron chi connectivity index (χ0n) is 22.0. The summed E-state index contributed by atoms with van der Waals surface area (Å²) in [5, 5.41) is 22.5. The number of carbonyl (C=O) groups is 2. The number of rotatable bonds is 8. The lowest BCUT2D eigenvalue weighted by molar-refractivity contribution is 0.0687. The summed E-state index contributed by atoms with van der Waals surface area (Å²) in [6.45, 7) is 5.24. The number of aromatic carboxylic acids is 1. The zero-order valence-corrected chi connectivity index (χ0v) is 22.0. The Morgan fingerprint density at radius 1 is 0.925 bits per heavy atom. The number of carboxylic acids is 1. The molecule has 0 aliphatic heterocycles. The van der Waals surface area contributed by atoms with Gasteiger partial charge in [0.15, 0.2) is 11.5 Å². The van der Waals surface area contributed by atoms with Gasteiger partial charge in [-0.2, -0.15) is 5.10 Å². The lowest BCUT2D eigenvalue weighted by atomic mass is 10.0. The summed E-state index contributed by atoms with van der Waals surface area (Å²) in [5.41, 5.74) is 4.78. The monoisotopic (exact) mass is 538 g/mol. The topological polar surface area (TPSA) is 140 Å². The fourth-order valence-electron chi connectivity index (χ4n) is 4.13. The Bertz CT molecular complexity index is 1640.